The van der Waals surface area contributed by atoms with Crippen molar-refractivity contribution in [3.05, 3.63) is 29.8 Å². The van der Waals surface area contributed by atoms with E-state index in [0.29, 0.717) is 0 Å². The van der Waals surface area contributed by atoms with Gasteiger partial charge in [-0.15, -0.1) is 5.73 Å². The van der Waals surface area contributed by atoms with Crippen molar-refractivity contribution in [2.75, 3.05) is 19.0 Å². The first kappa shape index (κ1) is 8.08. The molecule has 0 N–H and O–H groups in total. The summed E-state index contributed by atoms with van der Waals surface area (Å²) < 4.78 is 0. The highest BCUT2D eigenvalue weighted by Gasteiger charge is 1.93. The lowest BCUT2D eigenvalue weighted by molar-refractivity contribution is 1.02. The maximum atomic E-state index is 8.75. The van der Waals surface area contributed by atoms with Crippen molar-refractivity contribution in [2.24, 2.45) is 0 Å². The molecule has 58 valence electrons. The number of rotatable bonds is 2. The molecule has 0 fully saturated rings. The maximum absolute atomic E-state index is 8.75. The Hall–Kier alpha value is -1.02. The Morgan fingerprint density at radius 2 is 1.73 bits per heavy atom. The van der Waals surface area contributed by atoms with Gasteiger partial charge in [0.1, 0.15) is 0 Å². The first-order chi connectivity index (χ1) is 5.24. The fraction of sp³-hybridized carbons (Fsp3) is 0.333. The Morgan fingerprint density at radius 3 is 2.09 bits per heavy atom. The Labute approximate surface area is 67.6 Å². The van der Waals surface area contributed by atoms with Gasteiger partial charge in [0.2, 0.25) is 0 Å². The summed E-state index contributed by atoms with van der Waals surface area (Å²) in [7, 11) is 3.99. The van der Waals surface area contributed by atoms with Gasteiger partial charge in [-0.05, 0) is 17.7 Å². The third-order valence-corrected chi connectivity index (χ3v) is 1.64. The fourth-order valence-corrected chi connectivity index (χ4v) is 0.899. The topological polar surface area (TPSA) is 25.5 Å². The lowest BCUT2D eigenvalue weighted by Crippen LogP contribution is -2.08. The summed E-state index contributed by atoms with van der Waals surface area (Å²) >= 11 is 0. The molecule has 0 atom stereocenters. The Balaban J connectivity index is 2.83. The number of nitrogens with zero attached hydrogens (tertiary/aromatic N) is 2. The molecule has 0 aliphatic rings. The summed E-state index contributed by atoms with van der Waals surface area (Å²) in [5, 5.41) is 0. The number of hydrogen-bond acceptors (Lipinski definition) is 1. The van der Waals surface area contributed by atoms with Gasteiger partial charge in [-0.1, -0.05) is 12.1 Å². The second-order valence-corrected chi connectivity index (χ2v) is 2.72. The molecule has 2 nitrogen and oxygen atoms in total. The summed E-state index contributed by atoms with van der Waals surface area (Å²) in [6.07, 6.45) is 0. The smallest absolute Gasteiger partial charge is 0.0572 e. The average molecular weight is 148 g/mol. The van der Waals surface area contributed by atoms with Crippen molar-refractivity contribution in [3.63, 3.8) is 0 Å². The SMILES string of the molecule is CN(C)c1ccc(C[N])cc1. The minimum Gasteiger partial charge on any atom is -0.378 e. The quantitative estimate of drug-likeness (QED) is 0.621. The van der Waals surface area contributed by atoms with E-state index in [1.54, 1.807) is 0 Å². The van der Waals surface area contributed by atoms with E-state index >= 15 is 0 Å². The van der Waals surface area contributed by atoms with E-state index in [1.807, 2.05) is 43.3 Å². The van der Waals surface area contributed by atoms with Crippen molar-refractivity contribution in [1.29, 1.82) is 0 Å². The summed E-state index contributed by atoms with van der Waals surface area (Å²) in [4.78, 5) is 2.03. The van der Waals surface area contributed by atoms with Crippen LogP contribution in [0.1, 0.15) is 5.56 Å². The van der Waals surface area contributed by atoms with E-state index in [0.717, 1.165) is 11.3 Å². The molecule has 11 heavy (non-hydrogen) atoms. The predicted molar refractivity (Wildman–Crippen MR) is 46.6 cm³/mol. The fourth-order valence-electron chi connectivity index (χ4n) is 0.899. The zero-order chi connectivity index (χ0) is 8.27. The molecule has 0 spiro atoms. The van der Waals surface area contributed by atoms with Crippen LogP contribution in [-0.4, -0.2) is 14.1 Å². The molecule has 0 aromatic heterocycles. The standard InChI is InChI=1S/C9H12N2/c1-11(2)9-5-3-8(7-10)4-6-9/h3-6H,7H2,1-2H3. The lowest BCUT2D eigenvalue weighted by Gasteiger charge is -2.11. The molecular weight excluding hydrogens is 136 g/mol. The van der Waals surface area contributed by atoms with E-state index in [2.05, 4.69) is 0 Å². The molecule has 0 saturated heterocycles. The number of benzene rings is 1. The van der Waals surface area contributed by atoms with Gasteiger partial charge in [0.05, 0.1) is 6.54 Å². The molecule has 1 rings (SSSR count). The Morgan fingerprint density at radius 1 is 1.18 bits per heavy atom. The van der Waals surface area contributed by atoms with Crippen LogP contribution in [0, 0.1) is 0 Å². The summed E-state index contributed by atoms with van der Waals surface area (Å²) in [5.41, 5.74) is 10.9. The van der Waals surface area contributed by atoms with Crippen molar-refractivity contribution in [1.82, 2.24) is 5.73 Å². The highest BCUT2D eigenvalue weighted by molar-refractivity contribution is 5.45. The van der Waals surface area contributed by atoms with Crippen LogP contribution in [0.2, 0.25) is 0 Å². The van der Waals surface area contributed by atoms with Crippen molar-refractivity contribution < 1.29 is 0 Å². The van der Waals surface area contributed by atoms with Gasteiger partial charge in [-0.3, -0.25) is 0 Å². The predicted octanol–water partition coefficient (Wildman–Crippen LogP) is 1.32. The minimum absolute atomic E-state index is 0.119. The molecule has 0 aliphatic carbocycles. The van der Waals surface area contributed by atoms with Crippen LogP contribution in [0.4, 0.5) is 5.69 Å². The Kier molecular flexibility index (Phi) is 2.49. The van der Waals surface area contributed by atoms with E-state index in [1.165, 1.54) is 0 Å². The Bertz CT molecular complexity index is 214. The summed E-state index contributed by atoms with van der Waals surface area (Å²) in [5.74, 6) is 0. The number of hydrogen-bond donors (Lipinski definition) is 0. The maximum Gasteiger partial charge on any atom is 0.0572 e. The largest absolute Gasteiger partial charge is 0.378 e. The lowest BCUT2D eigenvalue weighted by atomic mass is 10.2. The van der Waals surface area contributed by atoms with Crippen LogP contribution >= 0.6 is 0 Å². The van der Waals surface area contributed by atoms with Crippen LogP contribution in [-0.2, 0) is 6.54 Å². The molecule has 0 unspecified atom stereocenters. The van der Waals surface area contributed by atoms with Crippen molar-refractivity contribution in [3.8, 4) is 0 Å². The summed E-state index contributed by atoms with van der Waals surface area (Å²) in [6, 6.07) is 7.84. The molecule has 2 heteroatoms. The molecule has 0 saturated carbocycles. The third-order valence-electron chi connectivity index (χ3n) is 1.64. The van der Waals surface area contributed by atoms with Gasteiger partial charge >= 0.3 is 0 Å². The van der Waals surface area contributed by atoms with Gasteiger partial charge < -0.3 is 4.90 Å². The van der Waals surface area contributed by atoms with Gasteiger partial charge in [-0.25, -0.2) is 0 Å². The zero-order valence-electron chi connectivity index (χ0n) is 6.91. The monoisotopic (exact) mass is 148 g/mol. The van der Waals surface area contributed by atoms with Crippen molar-refractivity contribution in [2.45, 2.75) is 6.54 Å². The average Bonchev–Trinajstić information content (AvgIpc) is 2.05. The van der Waals surface area contributed by atoms with Gasteiger partial charge in [0, 0.05) is 19.8 Å². The van der Waals surface area contributed by atoms with Gasteiger partial charge in [0.15, 0.2) is 0 Å². The molecule has 0 aliphatic heterocycles. The van der Waals surface area contributed by atoms with Gasteiger partial charge in [0.25, 0.3) is 0 Å². The third kappa shape index (κ3) is 1.95. The molecule has 1 aromatic carbocycles. The number of anilines is 1. The molecule has 0 heterocycles. The normalized spacial score (nSPS) is 9.73. The summed E-state index contributed by atoms with van der Waals surface area (Å²) in [6.45, 7) is 0.119. The molecule has 0 bridgehead atoms. The molecular formula is C9H12N2. The van der Waals surface area contributed by atoms with E-state index in [-0.39, 0.29) is 6.54 Å². The van der Waals surface area contributed by atoms with Crippen molar-refractivity contribution >= 4 is 5.69 Å². The van der Waals surface area contributed by atoms with Crippen LogP contribution in [0.3, 0.4) is 0 Å². The molecule has 1 aromatic rings. The highest BCUT2D eigenvalue weighted by atomic mass is 15.1. The first-order valence-electron chi connectivity index (χ1n) is 3.61. The van der Waals surface area contributed by atoms with E-state index in [4.69, 9.17) is 5.73 Å². The van der Waals surface area contributed by atoms with Crippen LogP contribution in [0.5, 0.6) is 0 Å². The van der Waals surface area contributed by atoms with Crippen LogP contribution < -0.4 is 10.6 Å². The highest BCUT2D eigenvalue weighted by Crippen LogP contribution is 2.11. The van der Waals surface area contributed by atoms with Gasteiger partial charge in [-0.2, -0.15) is 0 Å². The van der Waals surface area contributed by atoms with E-state index < -0.39 is 0 Å². The second kappa shape index (κ2) is 3.39. The van der Waals surface area contributed by atoms with E-state index in [9.17, 15) is 0 Å². The molecule has 0 amide bonds. The minimum atomic E-state index is 0.119. The van der Waals surface area contributed by atoms with Crippen LogP contribution in [0.15, 0.2) is 24.3 Å². The first-order valence-corrected chi connectivity index (χ1v) is 3.61. The molecule has 2 radical (unpaired) electrons. The van der Waals surface area contributed by atoms with Crippen LogP contribution in [0.25, 0.3) is 0 Å². The zero-order valence-corrected chi connectivity index (χ0v) is 6.91. The second-order valence-electron chi connectivity index (χ2n) is 2.72.